The molecule has 2 aliphatic heterocycles. The van der Waals surface area contributed by atoms with E-state index in [0.717, 1.165) is 42.8 Å². The second-order valence-electron chi connectivity index (χ2n) is 10.6. The number of fused-ring (bicyclic) bond motifs is 1. The molecule has 3 unspecified atom stereocenters. The molecule has 1 fully saturated rings. The normalized spacial score (nSPS) is 20.9. The van der Waals surface area contributed by atoms with Crippen molar-refractivity contribution in [2.75, 3.05) is 31.6 Å². The van der Waals surface area contributed by atoms with Gasteiger partial charge in [0.15, 0.2) is 11.2 Å². The number of carbonyl (C=O) groups is 1. The third-order valence-corrected chi connectivity index (χ3v) is 6.92. The van der Waals surface area contributed by atoms with Gasteiger partial charge < -0.3 is 30.1 Å². The maximum Gasteiger partial charge on any atom is 0.413 e. The van der Waals surface area contributed by atoms with Crippen LogP contribution in [0.25, 0.3) is 0 Å². The molecule has 4 rings (SSSR count). The predicted octanol–water partition coefficient (Wildman–Crippen LogP) is 3.71. The Hall–Kier alpha value is -3.22. The van der Waals surface area contributed by atoms with Crippen molar-refractivity contribution < 1.29 is 23.8 Å². The lowest BCUT2D eigenvalue weighted by atomic mass is 9.97. The predicted molar refractivity (Wildman–Crippen MR) is 152 cm³/mol. The number of nitrogens with zero attached hydrogens (tertiary/aromatic N) is 3. The van der Waals surface area contributed by atoms with Gasteiger partial charge in [-0.3, -0.25) is 10.3 Å². The fraction of sp³-hybridized carbons (Fsp3) is 0.556. The van der Waals surface area contributed by atoms with E-state index < -0.39 is 11.7 Å². The number of aryl methyl sites for hydroxylation is 1. The summed E-state index contributed by atoms with van der Waals surface area (Å²) in [5.74, 6) is 1.32. The molecule has 2 aliphatic rings. The molecular weight excluding hydrogens is 520 g/mol. The number of hydrogen-bond acceptors (Lipinski definition) is 10. The average molecular weight is 559 g/mol. The Morgan fingerprint density at radius 2 is 2.21 bits per heavy atom. The fourth-order valence-corrected chi connectivity index (χ4v) is 4.83. The molecule has 0 saturated carbocycles. The molecule has 12 heteroatoms. The molecule has 3 heterocycles. The molecule has 39 heavy (non-hydrogen) atoms. The SMILES string of the molecule is C/C(=N\OC(C)C1CCc2cc(C(N)=NCC3CNCCO3)ccc2O1)c1csc(NC(=O)OC(C)(C)C)n1. The van der Waals surface area contributed by atoms with E-state index in [1.807, 2.05) is 25.1 Å². The number of nitrogens with one attached hydrogen (secondary N) is 2. The van der Waals surface area contributed by atoms with Crippen molar-refractivity contribution >= 4 is 34.1 Å². The highest BCUT2D eigenvalue weighted by Gasteiger charge is 2.27. The van der Waals surface area contributed by atoms with Gasteiger partial charge in [-0.25, -0.2) is 9.78 Å². The van der Waals surface area contributed by atoms with Crippen LogP contribution in [0.4, 0.5) is 9.93 Å². The number of carbonyl (C=O) groups excluding carboxylic acids is 1. The van der Waals surface area contributed by atoms with Crippen LogP contribution in [-0.4, -0.2) is 72.8 Å². The van der Waals surface area contributed by atoms with Gasteiger partial charge in [0.25, 0.3) is 0 Å². The molecule has 2 aromatic rings. The Balaban J connectivity index is 1.29. The molecule has 1 amide bonds. The van der Waals surface area contributed by atoms with Crippen LogP contribution >= 0.6 is 11.3 Å². The monoisotopic (exact) mass is 558 g/mol. The smallest absolute Gasteiger partial charge is 0.413 e. The van der Waals surface area contributed by atoms with Gasteiger partial charge in [-0.1, -0.05) is 5.16 Å². The van der Waals surface area contributed by atoms with Crippen molar-refractivity contribution in [2.24, 2.45) is 15.9 Å². The summed E-state index contributed by atoms with van der Waals surface area (Å²) in [5.41, 5.74) is 8.86. The summed E-state index contributed by atoms with van der Waals surface area (Å²) in [7, 11) is 0. The van der Waals surface area contributed by atoms with Gasteiger partial charge in [0.2, 0.25) is 0 Å². The molecule has 0 bridgehead atoms. The fourth-order valence-electron chi connectivity index (χ4n) is 4.09. The first-order valence-corrected chi connectivity index (χ1v) is 14.0. The largest absolute Gasteiger partial charge is 0.486 e. The summed E-state index contributed by atoms with van der Waals surface area (Å²) in [4.78, 5) is 26.7. The number of hydrogen-bond donors (Lipinski definition) is 3. The number of morpholine rings is 1. The summed E-state index contributed by atoms with van der Waals surface area (Å²) in [6.07, 6.45) is 0.692. The number of anilines is 1. The topological polar surface area (TPSA) is 142 Å². The van der Waals surface area contributed by atoms with Gasteiger partial charge in [-0.05, 0) is 71.2 Å². The van der Waals surface area contributed by atoms with E-state index in [4.69, 9.17) is 24.8 Å². The molecule has 0 spiro atoms. The highest BCUT2D eigenvalue weighted by Crippen LogP contribution is 2.30. The maximum atomic E-state index is 12.0. The maximum absolute atomic E-state index is 12.0. The van der Waals surface area contributed by atoms with E-state index in [-0.39, 0.29) is 18.3 Å². The molecule has 11 nitrogen and oxygen atoms in total. The number of aliphatic imine (C=N–C) groups is 1. The zero-order chi connectivity index (χ0) is 28.0. The zero-order valence-electron chi connectivity index (χ0n) is 23.2. The molecule has 212 valence electrons. The first-order chi connectivity index (χ1) is 18.6. The van der Waals surface area contributed by atoms with E-state index in [1.54, 1.807) is 33.1 Å². The Morgan fingerprint density at radius 1 is 1.38 bits per heavy atom. The van der Waals surface area contributed by atoms with Gasteiger partial charge >= 0.3 is 6.09 Å². The van der Waals surface area contributed by atoms with E-state index in [1.165, 1.54) is 11.3 Å². The summed E-state index contributed by atoms with van der Waals surface area (Å²) in [6.45, 7) is 12.0. The van der Waals surface area contributed by atoms with Crippen molar-refractivity contribution in [1.82, 2.24) is 10.3 Å². The van der Waals surface area contributed by atoms with E-state index in [2.05, 4.69) is 25.8 Å². The summed E-state index contributed by atoms with van der Waals surface area (Å²) < 4.78 is 17.2. The number of nitrogens with two attached hydrogens (primary N) is 1. The standard InChI is InChI=1S/C27H38N6O5S/c1-16(21-15-39-25(31-21)32-26(34)37-27(3,4)5)33-38-17(2)22-8-6-18-12-19(7-9-23(18)36-22)24(28)30-14-20-13-29-10-11-35-20/h7,9,12,15,17,20,22,29H,6,8,10-11,13-14H2,1-5H3,(H2,28,30)(H,31,32,34)/b33-16+. The minimum atomic E-state index is -0.584. The highest BCUT2D eigenvalue weighted by atomic mass is 32.1. The van der Waals surface area contributed by atoms with Crippen molar-refractivity contribution in [3.8, 4) is 5.75 Å². The second-order valence-corrected chi connectivity index (χ2v) is 11.5. The van der Waals surface area contributed by atoms with Crippen molar-refractivity contribution in [1.29, 1.82) is 0 Å². The van der Waals surface area contributed by atoms with Crippen LogP contribution in [0.3, 0.4) is 0 Å². The minimum absolute atomic E-state index is 0.0540. The number of ether oxygens (including phenoxy) is 3. The molecular formula is C27H38N6O5S. The third-order valence-electron chi connectivity index (χ3n) is 6.16. The molecule has 1 aromatic heterocycles. The van der Waals surface area contributed by atoms with E-state index in [9.17, 15) is 4.79 Å². The number of rotatable bonds is 8. The Bertz CT molecular complexity index is 1200. The second kappa shape index (κ2) is 12.8. The average Bonchev–Trinajstić information content (AvgIpc) is 3.37. The third kappa shape index (κ3) is 8.38. The van der Waals surface area contributed by atoms with E-state index in [0.29, 0.717) is 35.5 Å². The number of amidine groups is 1. The summed E-state index contributed by atoms with van der Waals surface area (Å²) in [5, 5.41) is 12.4. The zero-order valence-corrected chi connectivity index (χ0v) is 24.0. The Labute approximate surface area is 233 Å². The first-order valence-electron chi connectivity index (χ1n) is 13.2. The Kier molecular flexibility index (Phi) is 9.41. The van der Waals surface area contributed by atoms with Crippen LogP contribution in [0.5, 0.6) is 5.75 Å². The molecule has 0 radical (unpaired) electrons. The molecule has 0 aliphatic carbocycles. The number of thiazole rings is 1. The van der Waals surface area contributed by atoms with Gasteiger partial charge in [-0.2, -0.15) is 0 Å². The van der Waals surface area contributed by atoms with Crippen molar-refractivity contribution in [2.45, 2.75) is 71.4 Å². The summed E-state index contributed by atoms with van der Waals surface area (Å²) in [6, 6.07) is 5.91. The van der Waals surface area contributed by atoms with Gasteiger partial charge in [0, 0.05) is 24.0 Å². The lowest BCUT2D eigenvalue weighted by Gasteiger charge is -2.29. The van der Waals surface area contributed by atoms with Crippen LogP contribution < -0.4 is 21.1 Å². The van der Waals surface area contributed by atoms with E-state index >= 15 is 0 Å². The van der Waals surface area contributed by atoms with Crippen LogP contribution in [0.15, 0.2) is 33.7 Å². The first kappa shape index (κ1) is 28.8. The quantitative estimate of drug-likeness (QED) is 0.253. The molecule has 4 N–H and O–H groups in total. The lowest BCUT2D eigenvalue weighted by Crippen LogP contribution is -2.40. The number of aromatic nitrogens is 1. The lowest BCUT2D eigenvalue weighted by molar-refractivity contribution is -0.0203. The number of benzene rings is 1. The molecule has 1 aromatic carbocycles. The number of oxime groups is 1. The van der Waals surface area contributed by atoms with Crippen LogP contribution in [0.1, 0.15) is 57.9 Å². The van der Waals surface area contributed by atoms with Gasteiger partial charge in [0.05, 0.1) is 19.3 Å². The minimum Gasteiger partial charge on any atom is -0.486 e. The summed E-state index contributed by atoms with van der Waals surface area (Å²) >= 11 is 1.29. The van der Waals surface area contributed by atoms with Crippen LogP contribution in [0, 0.1) is 0 Å². The van der Waals surface area contributed by atoms with Crippen LogP contribution in [0.2, 0.25) is 0 Å². The van der Waals surface area contributed by atoms with Crippen LogP contribution in [-0.2, 0) is 20.7 Å². The number of amides is 1. The van der Waals surface area contributed by atoms with Gasteiger partial charge in [0.1, 0.15) is 34.7 Å². The Morgan fingerprint density at radius 3 is 2.95 bits per heavy atom. The molecule has 3 atom stereocenters. The molecule has 1 saturated heterocycles. The van der Waals surface area contributed by atoms with Crippen molar-refractivity contribution in [3.05, 3.63) is 40.4 Å². The highest BCUT2D eigenvalue weighted by molar-refractivity contribution is 7.14. The van der Waals surface area contributed by atoms with Crippen molar-refractivity contribution in [3.63, 3.8) is 0 Å². The van der Waals surface area contributed by atoms with Gasteiger partial charge in [-0.15, -0.1) is 11.3 Å².